The van der Waals surface area contributed by atoms with Gasteiger partial charge in [0.05, 0.1) is 11.1 Å². The number of phenolic OH excluding ortho intramolecular Hbond substituents is 1. The van der Waals surface area contributed by atoms with Gasteiger partial charge >= 0.3 is 5.97 Å². The van der Waals surface area contributed by atoms with Crippen LogP contribution in [0.1, 0.15) is 10.4 Å². The number of carboxylic acids is 1. The summed E-state index contributed by atoms with van der Waals surface area (Å²) in [6.45, 7) is 0. The Morgan fingerprint density at radius 1 is 1.36 bits per heavy atom. The molecule has 0 atom stereocenters. The third-order valence-corrected chi connectivity index (χ3v) is 1.95. The van der Waals surface area contributed by atoms with Crippen molar-refractivity contribution in [1.82, 2.24) is 4.98 Å². The second-order valence-electron chi connectivity index (χ2n) is 2.87. The number of hydrogen-bond acceptors (Lipinski definition) is 3. The molecule has 0 unspecified atom stereocenters. The number of carbonyl (C=O) groups is 1. The summed E-state index contributed by atoms with van der Waals surface area (Å²) in [7, 11) is 0. The first kappa shape index (κ1) is 8.50. The molecule has 70 valence electrons. The summed E-state index contributed by atoms with van der Waals surface area (Å²) in [4.78, 5) is 14.6. The Balaban J connectivity index is 2.76. The normalized spacial score (nSPS) is 10.3. The Morgan fingerprint density at radius 3 is 2.86 bits per heavy atom. The molecule has 0 fully saturated rings. The van der Waals surface area contributed by atoms with Crippen molar-refractivity contribution in [1.29, 1.82) is 0 Å². The summed E-state index contributed by atoms with van der Waals surface area (Å²) in [6, 6.07) is 6.27. The zero-order chi connectivity index (χ0) is 10.1. The zero-order valence-corrected chi connectivity index (χ0v) is 7.14. The molecule has 1 aromatic heterocycles. The van der Waals surface area contributed by atoms with Gasteiger partial charge in [0, 0.05) is 11.6 Å². The van der Waals surface area contributed by atoms with Crippen LogP contribution in [0, 0.1) is 0 Å². The van der Waals surface area contributed by atoms with Crippen molar-refractivity contribution in [2.75, 3.05) is 0 Å². The van der Waals surface area contributed by atoms with Crippen LogP contribution in [0.25, 0.3) is 10.9 Å². The highest BCUT2D eigenvalue weighted by Gasteiger charge is 2.06. The second-order valence-corrected chi connectivity index (χ2v) is 2.87. The van der Waals surface area contributed by atoms with E-state index in [1.54, 1.807) is 12.1 Å². The van der Waals surface area contributed by atoms with Gasteiger partial charge in [0.1, 0.15) is 5.75 Å². The van der Waals surface area contributed by atoms with Crippen LogP contribution in [-0.4, -0.2) is 21.2 Å². The van der Waals surface area contributed by atoms with E-state index in [2.05, 4.69) is 4.98 Å². The van der Waals surface area contributed by atoms with E-state index in [0.29, 0.717) is 10.9 Å². The molecule has 14 heavy (non-hydrogen) atoms. The summed E-state index contributed by atoms with van der Waals surface area (Å²) >= 11 is 0. The summed E-state index contributed by atoms with van der Waals surface area (Å²) in [5, 5.41) is 18.6. The Morgan fingerprint density at radius 2 is 2.14 bits per heavy atom. The maximum atomic E-state index is 10.6. The van der Waals surface area contributed by atoms with Crippen LogP contribution >= 0.6 is 0 Å². The average molecular weight is 189 g/mol. The van der Waals surface area contributed by atoms with Gasteiger partial charge in [-0.05, 0) is 18.2 Å². The Hall–Kier alpha value is -2.10. The van der Waals surface area contributed by atoms with Crippen molar-refractivity contribution in [3.63, 3.8) is 0 Å². The van der Waals surface area contributed by atoms with Crippen LogP contribution in [0.3, 0.4) is 0 Å². The highest BCUT2D eigenvalue weighted by Crippen LogP contribution is 2.23. The highest BCUT2D eigenvalue weighted by molar-refractivity contribution is 5.94. The molecule has 1 heterocycles. The summed E-state index contributed by atoms with van der Waals surface area (Å²) in [6.07, 6.45) is 1.27. The van der Waals surface area contributed by atoms with Crippen LogP contribution in [0.15, 0.2) is 30.5 Å². The van der Waals surface area contributed by atoms with E-state index in [0.717, 1.165) is 0 Å². The number of rotatable bonds is 1. The van der Waals surface area contributed by atoms with Gasteiger partial charge in [-0.1, -0.05) is 6.07 Å². The molecule has 4 nitrogen and oxygen atoms in total. The van der Waals surface area contributed by atoms with Crippen LogP contribution in [0.5, 0.6) is 5.75 Å². The number of pyridine rings is 1. The molecule has 0 aliphatic rings. The SMILES string of the molecule is O=C(O)c1cnc2cccc(O)c2c1. The van der Waals surface area contributed by atoms with Gasteiger partial charge in [-0.2, -0.15) is 0 Å². The lowest BCUT2D eigenvalue weighted by Gasteiger charge is -2.00. The lowest BCUT2D eigenvalue weighted by molar-refractivity contribution is 0.0696. The fourth-order valence-electron chi connectivity index (χ4n) is 1.25. The van der Waals surface area contributed by atoms with Crippen LogP contribution in [0.4, 0.5) is 0 Å². The van der Waals surface area contributed by atoms with Crippen LogP contribution < -0.4 is 0 Å². The molecule has 0 radical (unpaired) electrons. The van der Waals surface area contributed by atoms with Gasteiger partial charge in [0.25, 0.3) is 0 Å². The first-order chi connectivity index (χ1) is 6.68. The molecule has 4 heteroatoms. The molecule has 2 aromatic rings. The van der Waals surface area contributed by atoms with Crippen molar-refractivity contribution >= 4 is 16.9 Å². The maximum Gasteiger partial charge on any atom is 0.337 e. The molecular weight excluding hydrogens is 182 g/mol. The average Bonchev–Trinajstić information content (AvgIpc) is 2.18. The van der Waals surface area contributed by atoms with E-state index in [9.17, 15) is 9.90 Å². The van der Waals surface area contributed by atoms with E-state index in [4.69, 9.17) is 5.11 Å². The molecule has 0 saturated carbocycles. The first-order valence-electron chi connectivity index (χ1n) is 3.99. The molecule has 2 N–H and O–H groups in total. The van der Waals surface area contributed by atoms with E-state index >= 15 is 0 Å². The standard InChI is InChI=1S/C10H7NO3/c12-9-3-1-2-8-7(9)4-6(5-11-8)10(13)14/h1-5,12H,(H,13,14). The van der Waals surface area contributed by atoms with Gasteiger partial charge in [-0.3, -0.25) is 4.98 Å². The van der Waals surface area contributed by atoms with Crippen LogP contribution in [-0.2, 0) is 0 Å². The van der Waals surface area contributed by atoms with Gasteiger partial charge in [0.2, 0.25) is 0 Å². The predicted octanol–water partition coefficient (Wildman–Crippen LogP) is 1.64. The third-order valence-electron chi connectivity index (χ3n) is 1.95. The molecular formula is C10H7NO3. The van der Waals surface area contributed by atoms with Crippen LogP contribution in [0.2, 0.25) is 0 Å². The molecule has 0 aliphatic carbocycles. The molecule has 0 aliphatic heterocycles. The lowest BCUT2D eigenvalue weighted by Crippen LogP contribution is -1.96. The lowest BCUT2D eigenvalue weighted by atomic mass is 10.1. The minimum atomic E-state index is -1.05. The minimum Gasteiger partial charge on any atom is -0.507 e. The molecule has 1 aromatic carbocycles. The number of benzene rings is 1. The molecule has 0 spiro atoms. The van der Waals surface area contributed by atoms with E-state index < -0.39 is 5.97 Å². The molecule has 0 saturated heterocycles. The fourth-order valence-corrected chi connectivity index (χ4v) is 1.25. The minimum absolute atomic E-state index is 0.0399. The number of carboxylic acid groups (broad SMARTS) is 1. The Kier molecular flexibility index (Phi) is 1.81. The summed E-state index contributed by atoms with van der Waals surface area (Å²) < 4.78 is 0. The third kappa shape index (κ3) is 1.26. The van der Waals surface area contributed by atoms with E-state index in [1.165, 1.54) is 18.3 Å². The second kappa shape index (κ2) is 2.99. The molecule has 0 amide bonds. The van der Waals surface area contributed by atoms with Gasteiger partial charge < -0.3 is 10.2 Å². The Bertz CT molecular complexity index is 508. The first-order valence-corrected chi connectivity index (χ1v) is 3.99. The number of aromatic nitrogens is 1. The van der Waals surface area contributed by atoms with Crippen molar-refractivity contribution in [3.8, 4) is 5.75 Å². The van der Waals surface area contributed by atoms with Crippen molar-refractivity contribution in [2.45, 2.75) is 0 Å². The smallest absolute Gasteiger partial charge is 0.337 e. The van der Waals surface area contributed by atoms with Gasteiger partial charge in [0.15, 0.2) is 0 Å². The molecule has 0 bridgehead atoms. The summed E-state index contributed by atoms with van der Waals surface area (Å²) in [5.41, 5.74) is 0.647. The quantitative estimate of drug-likeness (QED) is 0.715. The van der Waals surface area contributed by atoms with Gasteiger partial charge in [-0.15, -0.1) is 0 Å². The number of hydrogen-bond donors (Lipinski definition) is 2. The number of fused-ring (bicyclic) bond motifs is 1. The van der Waals surface area contributed by atoms with Crippen molar-refractivity contribution < 1.29 is 15.0 Å². The number of aromatic carboxylic acids is 1. The number of phenols is 1. The van der Waals surface area contributed by atoms with Crippen molar-refractivity contribution in [2.24, 2.45) is 0 Å². The molecule has 2 rings (SSSR count). The Labute approximate surface area is 79.4 Å². The highest BCUT2D eigenvalue weighted by atomic mass is 16.4. The zero-order valence-electron chi connectivity index (χ0n) is 7.14. The van der Waals surface area contributed by atoms with E-state index in [-0.39, 0.29) is 11.3 Å². The fraction of sp³-hybridized carbons (Fsp3) is 0. The number of aromatic hydroxyl groups is 1. The topological polar surface area (TPSA) is 70.4 Å². The predicted molar refractivity (Wildman–Crippen MR) is 50.4 cm³/mol. The largest absolute Gasteiger partial charge is 0.507 e. The van der Waals surface area contributed by atoms with E-state index in [1.807, 2.05) is 0 Å². The monoisotopic (exact) mass is 189 g/mol. The summed E-state index contributed by atoms with van der Waals surface area (Å²) in [5.74, 6) is -1.01. The number of nitrogens with zero attached hydrogens (tertiary/aromatic N) is 1. The maximum absolute atomic E-state index is 10.6. The van der Waals surface area contributed by atoms with Crippen molar-refractivity contribution in [3.05, 3.63) is 36.0 Å². The van der Waals surface area contributed by atoms with Gasteiger partial charge in [-0.25, -0.2) is 4.79 Å².